The van der Waals surface area contributed by atoms with Crippen molar-refractivity contribution in [2.24, 2.45) is 0 Å². The smallest absolute Gasteiger partial charge is 0.287 e. The van der Waals surface area contributed by atoms with Crippen LogP contribution in [-0.2, 0) is 0 Å². The molecule has 0 unspecified atom stereocenters. The van der Waals surface area contributed by atoms with Crippen molar-refractivity contribution in [1.82, 2.24) is 4.98 Å². The number of benzene rings is 1. The molecule has 1 aliphatic carbocycles. The lowest BCUT2D eigenvalue weighted by Gasteiger charge is -2.22. The van der Waals surface area contributed by atoms with Crippen LogP contribution in [0.3, 0.4) is 0 Å². The number of pyridine rings is 1. The Hall–Kier alpha value is -2.14. The van der Waals surface area contributed by atoms with E-state index in [-0.39, 0.29) is 5.69 Å². The van der Waals surface area contributed by atoms with Crippen LogP contribution < -0.4 is 5.32 Å². The summed E-state index contributed by atoms with van der Waals surface area (Å²) in [6, 6.07) is 9.07. The molecule has 0 amide bonds. The second-order valence-corrected chi connectivity index (χ2v) is 6.27. The summed E-state index contributed by atoms with van der Waals surface area (Å²) >= 11 is 6.38. The fraction of sp³-hybridized carbons (Fsp3) is 0.353. The van der Waals surface area contributed by atoms with Crippen LogP contribution in [0.15, 0.2) is 36.5 Å². The number of aromatic nitrogens is 1. The van der Waals surface area contributed by atoms with Gasteiger partial charge < -0.3 is 5.32 Å². The van der Waals surface area contributed by atoms with Crippen molar-refractivity contribution < 1.29 is 4.92 Å². The topological polar surface area (TPSA) is 68.1 Å². The van der Waals surface area contributed by atoms with Gasteiger partial charge >= 0.3 is 0 Å². The summed E-state index contributed by atoms with van der Waals surface area (Å²) in [7, 11) is 0. The summed E-state index contributed by atoms with van der Waals surface area (Å²) in [6.45, 7) is 0. The number of nitrogens with one attached hydrogen (secondary N) is 1. The maximum atomic E-state index is 10.6. The van der Waals surface area contributed by atoms with Gasteiger partial charge in [-0.05, 0) is 42.5 Å². The number of anilines is 2. The van der Waals surface area contributed by atoms with Crippen molar-refractivity contribution in [2.45, 2.75) is 38.0 Å². The maximum Gasteiger partial charge on any atom is 0.287 e. The van der Waals surface area contributed by atoms with Crippen LogP contribution in [0.5, 0.6) is 0 Å². The minimum absolute atomic E-state index is 0.0331. The lowest BCUT2D eigenvalue weighted by Crippen LogP contribution is -2.04. The molecule has 0 spiro atoms. The van der Waals surface area contributed by atoms with Crippen LogP contribution in [0.2, 0.25) is 5.02 Å². The molecule has 120 valence electrons. The lowest BCUT2D eigenvalue weighted by molar-refractivity contribution is -0.385. The third-order valence-corrected chi connectivity index (χ3v) is 4.60. The number of nitrogens with zero attached hydrogens (tertiary/aromatic N) is 2. The molecule has 0 aliphatic heterocycles. The summed E-state index contributed by atoms with van der Waals surface area (Å²) in [4.78, 5) is 14.2. The van der Waals surface area contributed by atoms with E-state index < -0.39 is 4.92 Å². The highest BCUT2D eigenvalue weighted by Gasteiger charge is 2.16. The first-order chi connectivity index (χ1) is 11.1. The van der Waals surface area contributed by atoms with Gasteiger partial charge in [-0.2, -0.15) is 0 Å². The monoisotopic (exact) mass is 331 g/mol. The summed E-state index contributed by atoms with van der Waals surface area (Å²) in [5.41, 5.74) is 2.01. The standard InChI is InChI=1S/C17H18ClN3O2/c18-15-10-13(12-4-2-1-3-5-12)6-8-16(15)20-17-9-7-14(11-19-17)21(22)23/h6-12H,1-5H2,(H,19,20). The van der Waals surface area contributed by atoms with E-state index in [4.69, 9.17) is 11.6 Å². The molecule has 0 bridgehead atoms. The summed E-state index contributed by atoms with van der Waals surface area (Å²) in [5, 5.41) is 14.4. The molecular formula is C17H18ClN3O2. The molecule has 0 atom stereocenters. The van der Waals surface area contributed by atoms with Crippen LogP contribution in [-0.4, -0.2) is 9.91 Å². The van der Waals surface area contributed by atoms with Crippen LogP contribution >= 0.6 is 11.6 Å². The Morgan fingerprint density at radius 3 is 2.57 bits per heavy atom. The molecule has 1 saturated carbocycles. The number of nitro groups is 1. The lowest BCUT2D eigenvalue weighted by atomic mass is 9.84. The predicted octanol–water partition coefficient (Wildman–Crippen LogP) is 5.43. The maximum absolute atomic E-state index is 10.6. The molecule has 23 heavy (non-hydrogen) atoms. The number of hydrogen-bond acceptors (Lipinski definition) is 4. The first-order valence-electron chi connectivity index (χ1n) is 7.80. The van der Waals surface area contributed by atoms with Gasteiger partial charge in [0.05, 0.1) is 15.6 Å². The van der Waals surface area contributed by atoms with Gasteiger partial charge in [0.15, 0.2) is 0 Å². The van der Waals surface area contributed by atoms with Crippen molar-refractivity contribution in [1.29, 1.82) is 0 Å². The molecule has 1 aromatic heterocycles. The summed E-state index contributed by atoms with van der Waals surface area (Å²) < 4.78 is 0. The number of hydrogen-bond donors (Lipinski definition) is 1. The molecule has 0 saturated heterocycles. The molecule has 1 N–H and O–H groups in total. The zero-order valence-corrected chi connectivity index (χ0v) is 13.4. The molecule has 5 nitrogen and oxygen atoms in total. The van der Waals surface area contributed by atoms with Gasteiger partial charge in [0.2, 0.25) is 0 Å². The van der Waals surface area contributed by atoms with E-state index in [1.807, 2.05) is 12.1 Å². The molecule has 1 aromatic carbocycles. The first kappa shape index (κ1) is 15.7. The van der Waals surface area contributed by atoms with E-state index in [2.05, 4.69) is 16.4 Å². The fourth-order valence-corrected chi connectivity index (χ4v) is 3.26. The summed E-state index contributed by atoms with van der Waals surface area (Å²) in [6.07, 6.45) is 7.59. The molecule has 2 aromatic rings. The highest BCUT2D eigenvalue weighted by atomic mass is 35.5. The van der Waals surface area contributed by atoms with Gasteiger partial charge in [0.25, 0.3) is 5.69 Å². The van der Waals surface area contributed by atoms with Gasteiger partial charge in [0, 0.05) is 6.07 Å². The Kier molecular flexibility index (Phi) is 4.76. The van der Waals surface area contributed by atoms with E-state index in [9.17, 15) is 10.1 Å². The average Bonchev–Trinajstić information content (AvgIpc) is 2.58. The highest BCUT2D eigenvalue weighted by molar-refractivity contribution is 6.33. The molecule has 3 rings (SSSR count). The minimum atomic E-state index is -0.470. The molecule has 0 radical (unpaired) electrons. The van der Waals surface area contributed by atoms with Gasteiger partial charge in [-0.25, -0.2) is 4.98 Å². The minimum Gasteiger partial charge on any atom is -0.339 e. The first-order valence-corrected chi connectivity index (χ1v) is 8.18. The van der Waals surface area contributed by atoms with E-state index in [0.717, 1.165) is 5.69 Å². The third kappa shape index (κ3) is 3.79. The van der Waals surface area contributed by atoms with Crippen LogP contribution in [0.1, 0.15) is 43.6 Å². The van der Waals surface area contributed by atoms with Gasteiger partial charge in [0.1, 0.15) is 12.0 Å². The largest absolute Gasteiger partial charge is 0.339 e. The number of halogens is 1. The van der Waals surface area contributed by atoms with Crippen LogP contribution in [0.25, 0.3) is 0 Å². The van der Waals surface area contributed by atoms with Gasteiger partial charge in [-0.15, -0.1) is 0 Å². The Balaban J connectivity index is 1.74. The van der Waals surface area contributed by atoms with E-state index in [0.29, 0.717) is 16.8 Å². The Morgan fingerprint density at radius 1 is 1.17 bits per heavy atom. The molecule has 1 aliphatic rings. The van der Waals surface area contributed by atoms with Crippen LogP contribution in [0, 0.1) is 10.1 Å². The zero-order chi connectivity index (χ0) is 16.2. The zero-order valence-electron chi connectivity index (χ0n) is 12.7. The molecular weight excluding hydrogens is 314 g/mol. The Bertz CT molecular complexity index is 697. The van der Waals surface area contributed by atoms with Gasteiger partial charge in [-0.1, -0.05) is 36.9 Å². The predicted molar refractivity (Wildman–Crippen MR) is 91.5 cm³/mol. The average molecular weight is 332 g/mol. The van der Waals surface area contributed by atoms with E-state index in [1.54, 1.807) is 6.07 Å². The normalized spacial score (nSPS) is 15.3. The second kappa shape index (κ2) is 6.96. The highest BCUT2D eigenvalue weighted by Crippen LogP contribution is 2.36. The van der Waals surface area contributed by atoms with Crippen molar-refractivity contribution in [3.05, 3.63) is 57.2 Å². The van der Waals surface area contributed by atoms with Gasteiger partial charge in [-0.3, -0.25) is 10.1 Å². The Labute approximate surface area is 139 Å². The quantitative estimate of drug-likeness (QED) is 0.598. The van der Waals surface area contributed by atoms with Crippen molar-refractivity contribution in [3.8, 4) is 0 Å². The van der Waals surface area contributed by atoms with Crippen molar-refractivity contribution in [2.75, 3.05) is 5.32 Å². The molecule has 1 fully saturated rings. The van der Waals surface area contributed by atoms with Crippen LogP contribution in [0.4, 0.5) is 17.2 Å². The number of rotatable bonds is 4. The second-order valence-electron chi connectivity index (χ2n) is 5.86. The molecule has 1 heterocycles. The third-order valence-electron chi connectivity index (χ3n) is 4.29. The summed E-state index contributed by atoms with van der Waals surface area (Å²) in [5.74, 6) is 1.13. The van der Waals surface area contributed by atoms with Crippen molar-refractivity contribution >= 4 is 28.8 Å². The fourth-order valence-electron chi connectivity index (χ4n) is 3.03. The van der Waals surface area contributed by atoms with E-state index >= 15 is 0 Å². The van der Waals surface area contributed by atoms with Crippen molar-refractivity contribution in [3.63, 3.8) is 0 Å². The SMILES string of the molecule is O=[N+]([O-])c1ccc(Nc2ccc(C3CCCCC3)cc2Cl)nc1. The Morgan fingerprint density at radius 2 is 1.96 bits per heavy atom. The molecule has 6 heteroatoms. The van der Waals surface area contributed by atoms with E-state index in [1.165, 1.54) is 49.9 Å².